The Morgan fingerprint density at radius 3 is 1.97 bits per heavy atom. The molecule has 0 saturated carbocycles. The fraction of sp³-hybridized carbons (Fsp3) is 0.0800. The molecule has 0 fully saturated rings. The molecule has 3 aromatic carbocycles. The van der Waals surface area contributed by atoms with Crippen molar-refractivity contribution in [1.29, 1.82) is 0 Å². The summed E-state index contributed by atoms with van der Waals surface area (Å²) in [4.78, 5) is 37.0. The van der Waals surface area contributed by atoms with Crippen molar-refractivity contribution in [3.8, 4) is 0 Å². The Morgan fingerprint density at radius 1 is 0.806 bits per heavy atom. The maximum Gasteiger partial charge on any atom is 0.345 e. The third-order valence-electron chi connectivity index (χ3n) is 4.44. The predicted molar refractivity (Wildman–Crippen MR) is 116 cm³/mol. The lowest BCUT2D eigenvalue weighted by Gasteiger charge is -2.22. The lowest BCUT2D eigenvalue weighted by atomic mass is 10.0. The van der Waals surface area contributed by atoms with E-state index < -0.39 is 30.0 Å². The maximum absolute atomic E-state index is 12.4. The predicted octanol–water partition coefficient (Wildman–Crippen LogP) is 3.30. The fourth-order valence-corrected chi connectivity index (χ4v) is 2.86. The first-order valence-electron chi connectivity index (χ1n) is 9.62. The molecule has 31 heavy (non-hydrogen) atoms. The molecule has 6 heteroatoms. The van der Waals surface area contributed by atoms with E-state index in [0.717, 1.165) is 5.56 Å². The minimum absolute atomic E-state index is 0.175. The van der Waals surface area contributed by atoms with Crippen LogP contribution in [-0.4, -0.2) is 29.1 Å². The number of carbonyl (C=O) groups is 3. The molecule has 2 N–H and O–H groups in total. The molecular weight excluding hydrogens is 394 g/mol. The second kappa shape index (κ2) is 10.7. The Balaban J connectivity index is 1.73. The van der Waals surface area contributed by atoms with Crippen LogP contribution in [0.1, 0.15) is 27.5 Å². The van der Waals surface area contributed by atoms with Crippen molar-refractivity contribution in [2.45, 2.75) is 12.1 Å². The highest BCUT2D eigenvalue weighted by atomic mass is 16.6. The Bertz CT molecular complexity index is 1050. The van der Waals surface area contributed by atoms with Crippen molar-refractivity contribution >= 4 is 23.9 Å². The van der Waals surface area contributed by atoms with E-state index in [2.05, 4.69) is 5.32 Å². The second-order valence-electron chi connectivity index (χ2n) is 6.66. The van der Waals surface area contributed by atoms with Crippen LogP contribution in [0.5, 0.6) is 0 Å². The van der Waals surface area contributed by atoms with Crippen LogP contribution < -0.4 is 5.32 Å². The van der Waals surface area contributed by atoms with E-state index in [-0.39, 0.29) is 5.56 Å². The van der Waals surface area contributed by atoms with Gasteiger partial charge in [0.25, 0.3) is 0 Å². The zero-order valence-electron chi connectivity index (χ0n) is 16.5. The van der Waals surface area contributed by atoms with Crippen molar-refractivity contribution in [3.05, 3.63) is 114 Å². The number of hydrogen-bond acceptors (Lipinski definition) is 5. The van der Waals surface area contributed by atoms with E-state index in [9.17, 15) is 19.5 Å². The van der Waals surface area contributed by atoms with Gasteiger partial charge < -0.3 is 15.2 Å². The van der Waals surface area contributed by atoms with Gasteiger partial charge in [0.2, 0.25) is 5.91 Å². The minimum Gasteiger partial charge on any atom is -0.387 e. The Kier molecular flexibility index (Phi) is 7.45. The van der Waals surface area contributed by atoms with Crippen molar-refractivity contribution < 1.29 is 24.2 Å². The highest BCUT2D eigenvalue weighted by Crippen LogP contribution is 2.19. The van der Waals surface area contributed by atoms with Crippen molar-refractivity contribution in [2.24, 2.45) is 0 Å². The fourth-order valence-electron chi connectivity index (χ4n) is 2.86. The number of rotatable bonds is 7. The van der Waals surface area contributed by atoms with Gasteiger partial charge in [-0.1, -0.05) is 78.9 Å². The van der Waals surface area contributed by atoms with Gasteiger partial charge in [0.15, 0.2) is 6.10 Å². The molecule has 6 nitrogen and oxygen atoms in total. The molecule has 0 saturated heterocycles. The van der Waals surface area contributed by atoms with Crippen LogP contribution in [0.3, 0.4) is 0 Å². The van der Waals surface area contributed by atoms with E-state index in [1.807, 2.05) is 30.3 Å². The molecule has 2 atom stereocenters. The number of ether oxygens (including phenoxy) is 1. The normalized spacial score (nSPS) is 12.7. The molecule has 1 amide bonds. The first kappa shape index (κ1) is 21.7. The number of aliphatic hydroxyl groups is 1. The largest absolute Gasteiger partial charge is 0.387 e. The third kappa shape index (κ3) is 6.22. The molecule has 0 heterocycles. The minimum atomic E-state index is -1.79. The van der Waals surface area contributed by atoms with Gasteiger partial charge in [-0.2, -0.15) is 0 Å². The molecular formula is C25H21NO5. The van der Waals surface area contributed by atoms with E-state index >= 15 is 0 Å². The molecule has 3 aromatic rings. The SMILES string of the molecule is O=C(C=Cc1ccccc1)NC(c1ccccc1)C(O)C(=O)OC(=O)c1ccccc1. The van der Waals surface area contributed by atoms with Crippen LogP contribution in [0.25, 0.3) is 6.08 Å². The number of nitrogens with one attached hydrogen (secondary N) is 1. The Hall–Kier alpha value is -4.03. The number of benzene rings is 3. The van der Waals surface area contributed by atoms with Gasteiger partial charge >= 0.3 is 11.9 Å². The van der Waals surface area contributed by atoms with Crippen molar-refractivity contribution in [3.63, 3.8) is 0 Å². The van der Waals surface area contributed by atoms with Gasteiger partial charge in [0.05, 0.1) is 11.6 Å². The summed E-state index contributed by atoms with van der Waals surface area (Å²) in [6, 6.07) is 24.6. The Morgan fingerprint density at radius 2 is 1.35 bits per heavy atom. The first-order valence-corrected chi connectivity index (χ1v) is 9.62. The lowest BCUT2D eigenvalue weighted by Crippen LogP contribution is -2.41. The van der Waals surface area contributed by atoms with Crippen LogP contribution in [0.15, 0.2) is 97.1 Å². The van der Waals surface area contributed by atoms with Crippen molar-refractivity contribution in [1.82, 2.24) is 5.32 Å². The van der Waals surface area contributed by atoms with Crippen LogP contribution in [-0.2, 0) is 14.3 Å². The second-order valence-corrected chi connectivity index (χ2v) is 6.66. The van der Waals surface area contributed by atoms with Gasteiger partial charge in [-0.15, -0.1) is 0 Å². The molecule has 0 radical (unpaired) electrons. The molecule has 156 valence electrons. The topological polar surface area (TPSA) is 92.7 Å². The first-order chi connectivity index (χ1) is 15.0. The van der Waals surface area contributed by atoms with Crippen LogP contribution in [0.2, 0.25) is 0 Å². The van der Waals surface area contributed by atoms with E-state index in [1.165, 1.54) is 18.2 Å². The Labute approximate surface area is 179 Å². The van der Waals surface area contributed by atoms with Crippen molar-refractivity contribution in [2.75, 3.05) is 0 Å². The molecule has 0 aliphatic heterocycles. The molecule has 0 aliphatic rings. The molecule has 0 aliphatic carbocycles. The monoisotopic (exact) mass is 415 g/mol. The third-order valence-corrected chi connectivity index (χ3v) is 4.44. The summed E-state index contributed by atoms with van der Waals surface area (Å²) in [7, 11) is 0. The van der Waals surface area contributed by atoms with Gasteiger partial charge in [-0.05, 0) is 29.3 Å². The number of aliphatic hydroxyl groups excluding tert-OH is 1. The number of amides is 1. The van der Waals surface area contributed by atoms with Crippen LogP contribution in [0, 0.1) is 0 Å². The summed E-state index contributed by atoms with van der Waals surface area (Å²) in [6.07, 6.45) is 1.13. The summed E-state index contributed by atoms with van der Waals surface area (Å²) in [5.74, 6) is -2.55. The van der Waals surface area contributed by atoms with Gasteiger partial charge in [-0.3, -0.25) is 4.79 Å². The number of esters is 2. The van der Waals surface area contributed by atoms with Gasteiger partial charge in [-0.25, -0.2) is 9.59 Å². The number of hydrogen-bond donors (Lipinski definition) is 2. The van der Waals surface area contributed by atoms with E-state index in [1.54, 1.807) is 54.6 Å². The quantitative estimate of drug-likeness (QED) is 0.351. The molecule has 0 spiro atoms. The molecule has 0 aromatic heterocycles. The molecule has 3 rings (SSSR count). The average molecular weight is 415 g/mol. The van der Waals surface area contributed by atoms with Gasteiger partial charge in [0, 0.05) is 6.08 Å². The zero-order chi connectivity index (χ0) is 22.1. The van der Waals surface area contributed by atoms with E-state index in [4.69, 9.17) is 4.74 Å². The van der Waals surface area contributed by atoms with Gasteiger partial charge in [0.1, 0.15) is 0 Å². The maximum atomic E-state index is 12.4. The smallest absolute Gasteiger partial charge is 0.345 e. The average Bonchev–Trinajstić information content (AvgIpc) is 2.82. The summed E-state index contributed by atoms with van der Waals surface area (Å²) < 4.78 is 4.81. The zero-order valence-corrected chi connectivity index (χ0v) is 16.5. The summed E-state index contributed by atoms with van der Waals surface area (Å²) in [5.41, 5.74) is 1.48. The molecule has 0 bridgehead atoms. The standard InChI is InChI=1S/C25H21NO5/c27-21(17-16-18-10-4-1-5-11-18)26-22(19-12-6-2-7-13-19)23(28)25(30)31-24(29)20-14-8-3-9-15-20/h1-17,22-23,28H,(H,26,27). The summed E-state index contributed by atoms with van der Waals surface area (Å²) in [5, 5.41) is 13.2. The summed E-state index contributed by atoms with van der Waals surface area (Å²) in [6.45, 7) is 0. The lowest BCUT2D eigenvalue weighted by molar-refractivity contribution is -0.149. The highest BCUT2D eigenvalue weighted by Gasteiger charge is 2.31. The number of carbonyl (C=O) groups excluding carboxylic acids is 3. The molecule has 2 unspecified atom stereocenters. The highest BCUT2D eigenvalue weighted by molar-refractivity contribution is 5.98. The van der Waals surface area contributed by atoms with Crippen LogP contribution >= 0.6 is 0 Å². The van der Waals surface area contributed by atoms with E-state index in [0.29, 0.717) is 5.56 Å². The van der Waals surface area contributed by atoms with Crippen LogP contribution in [0.4, 0.5) is 0 Å². The summed E-state index contributed by atoms with van der Waals surface area (Å²) >= 11 is 0.